The summed E-state index contributed by atoms with van der Waals surface area (Å²) in [7, 11) is 3.65. The Bertz CT molecular complexity index is 1410. The van der Waals surface area contributed by atoms with Crippen LogP contribution >= 0.6 is 11.3 Å². The lowest BCUT2D eigenvalue weighted by molar-refractivity contribution is 0.0395. The molecule has 0 spiro atoms. The quantitative estimate of drug-likeness (QED) is 0.331. The van der Waals surface area contributed by atoms with Gasteiger partial charge in [-0.15, -0.1) is 10.2 Å². The van der Waals surface area contributed by atoms with Crippen LogP contribution < -0.4 is 0 Å². The van der Waals surface area contributed by atoms with Gasteiger partial charge in [-0.05, 0) is 60.6 Å². The van der Waals surface area contributed by atoms with Crippen LogP contribution in [-0.4, -0.2) is 44.3 Å². The highest BCUT2D eigenvalue weighted by atomic mass is 32.1. The summed E-state index contributed by atoms with van der Waals surface area (Å²) >= 11 is 1.64. The number of nitrogens with zero attached hydrogens (tertiary/aromatic N) is 5. The lowest BCUT2D eigenvalue weighted by Gasteiger charge is -2.18. The van der Waals surface area contributed by atoms with E-state index < -0.39 is 6.23 Å². The summed E-state index contributed by atoms with van der Waals surface area (Å²) in [5.74, 6) is 0.757. The van der Waals surface area contributed by atoms with E-state index >= 15 is 0 Å². The Labute approximate surface area is 201 Å². The first-order valence-electron chi connectivity index (χ1n) is 10.8. The second-order valence-corrected chi connectivity index (χ2v) is 8.90. The average molecular weight is 470 g/mol. The minimum Gasteiger partial charge on any atom is -0.415 e. The number of thiophene rings is 1. The standard InChI is InChI=1S/C26H23N5O2S/c1-16-23(28-22(14-27-16)17-8-10-18(11-9-17)26(32)31(2)3)25-30-29-24(33-25)21-7-5-4-6-20(21)19-12-13-34-15-19/h4-15,26,32H,1-3H3. The number of rotatable bonds is 6. The van der Waals surface area contributed by atoms with Crippen LogP contribution in [0.4, 0.5) is 0 Å². The fraction of sp³-hybridized carbons (Fsp3) is 0.154. The minimum absolute atomic E-state index is 0.321. The summed E-state index contributed by atoms with van der Waals surface area (Å²) in [4.78, 5) is 11.0. The third-order valence-electron chi connectivity index (χ3n) is 5.57. The van der Waals surface area contributed by atoms with Gasteiger partial charge in [0, 0.05) is 11.1 Å². The second-order valence-electron chi connectivity index (χ2n) is 8.12. The Balaban J connectivity index is 1.49. The number of hydrogen-bond donors (Lipinski definition) is 1. The molecule has 8 heteroatoms. The van der Waals surface area contributed by atoms with Gasteiger partial charge in [0.05, 0.1) is 17.6 Å². The molecule has 5 rings (SSSR count). The molecule has 0 aliphatic rings. The Hall–Kier alpha value is -3.72. The predicted molar refractivity (Wildman–Crippen MR) is 133 cm³/mol. The van der Waals surface area contributed by atoms with Crippen LogP contribution in [0.5, 0.6) is 0 Å². The number of aliphatic hydroxyl groups excluding tert-OH is 1. The number of aromatic nitrogens is 4. The summed E-state index contributed by atoms with van der Waals surface area (Å²) in [5.41, 5.74) is 6.63. The first-order valence-corrected chi connectivity index (χ1v) is 11.7. The minimum atomic E-state index is -0.664. The topological polar surface area (TPSA) is 88.2 Å². The van der Waals surface area contributed by atoms with Crippen LogP contribution in [0.3, 0.4) is 0 Å². The molecule has 0 radical (unpaired) electrons. The third-order valence-corrected chi connectivity index (χ3v) is 6.25. The highest BCUT2D eigenvalue weighted by molar-refractivity contribution is 7.08. The zero-order valence-electron chi connectivity index (χ0n) is 19.0. The predicted octanol–water partition coefficient (Wildman–Crippen LogP) is 5.45. The van der Waals surface area contributed by atoms with E-state index in [0.29, 0.717) is 28.9 Å². The number of aryl methyl sites for hydroxylation is 1. The monoisotopic (exact) mass is 469 g/mol. The molecule has 3 heterocycles. The van der Waals surface area contributed by atoms with Gasteiger partial charge in [0.25, 0.3) is 5.89 Å². The zero-order chi connectivity index (χ0) is 23.7. The summed E-state index contributed by atoms with van der Waals surface area (Å²) in [6.07, 6.45) is 1.06. The number of hydrogen-bond acceptors (Lipinski definition) is 8. The normalized spacial score (nSPS) is 12.3. The maximum atomic E-state index is 10.2. The Morgan fingerprint density at radius 3 is 2.35 bits per heavy atom. The van der Waals surface area contributed by atoms with E-state index in [2.05, 4.69) is 26.6 Å². The molecule has 1 N–H and O–H groups in total. The summed E-state index contributed by atoms with van der Waals surface area (Å²) < 4.78 is 6.08. The van der Waals surface area contributed by atoms with Crippen LogP contribution in [0, 0.1) is 6.92 Å². The molecule has 7 nitrogen and oxygen atoms in total. The van der Waals surface area contributed by atoms with Crippen molar-refractivity contribution >= 4 is 11.3 Å². The van der Waals surface area contributed by atoms with Gasteiger partial charge in [-0.25, -0.2) is 4.98 Å². The highest BCUT2D eigenvalue weighted by Gasteiger charge is 2.18. The van der Waals surface area contributed by atoms with Gasteiger partial charge in [-0.2, -0.15) is 11.3 Å². The molecule has 2 aromatic carbocycles. The van der Waals surface area contributed by atoms with E-state index in [9.17, 15) is 5.11 Å². The molecule has 1 atom stereocenters. The number of benzene rings is 2. The molecular formula is C26H23N5O2S. The van der Waals surface area contributed by atoms with Gasteiger partial charge < -0.3 is 9.52 Å². The van der Waals surface area contributed by atoms with Crippen LogP contribution in [0.25, 0.3) is 45.4 Å². The Morgan fingerprint density at radius 1 is 0.912 bits per heavy atom. The van der Waals surface area contributed by atoms with Crippen molar-refractivity contribution in [1.82, 2.24) is 25.1 Å². The van der Waals surface area contributed by atoms with Crippen LogP contribution in [0.1, 0.15) is 17.5 Å². The molecular weight excluding hydrogens is 446 g/mol. The molecule has 0 aliphatic heterocycles. The molecule has 0 saturated carbocycles. The molecule has 0 aliphatic carbocycles. The lowest BCUT2D eigenvalue weighted by atomic mass is 10.0. The van der Waals surface area contributed by atoms with Crippen LogP contribution in [0.15, 0.2) is 76.0 Å². The summed E-state index contributed by atoms with van der Waals surface area (Å²) in [6, 6.07) is 17.6. The summed E-state index contributed by atoms with van der Waals surface area (Å²) in [5, 5.41) is 23.0. The van der Waals surface area contributed by atoms with Crippen LogP contribution in [-0.2, 0) is 0 Å². The molecule has 1 unspecified atom stereocenters. The zero-order valence-corrected chi connectivity index (χ0v) is 19.8. The SMILES string of the molecule is Cc1ncc(-c2ccc(C(O)N(C)C)cc2)nc1-c1nnc(-c2ccccc2-c2ccsc2)o1. The van der Waals surface area contributed by atoms with Crippen LogP contribution in [0.2, 0.25) is 0 Å². The van der Waals surface area contributed by atoms with Crippen molar-refractivity contribution in [3.63, 3.8) is 0 Å². The molecule has 0 fully saturated rings. The first kappa shape index (κ1) is 22.1. The fourth-order valence-corrected chi connectivity index (χ4v) is 4.34. The molecule has 0 amide bonds. The van der Waals surface area contributed by atoms with Crippen molar-refractivity contribution in [2.75, 3.05) is 14.1 Å². The molecule has 3 aromatic heterocycles. The van der Waals surface area contributed by atoms with E-state index in [0.717, 1.165) is 27.8 Å². The Kier molecular flexibility index (Phi) is 6.02. The van der Waals surface area contributed by atoms with Gasteiger partial charge in [-0.3, -0.25) is 9.88 Å². The maximum absolute atomic E-state index is 10.2. The van der Waals surface area contributed by atoms with Crippen molar-refractivity contribution in [2.45, 2.75) is 13.2 Å². The van der Waals surface area contributed by atoms with E-state index in [4.69, 9.17) is 9.40 Å². The van der Waals surface area contributed by atoms with Gasteiger partial charge >= 0.3 is 0 Å². The lowest BCUT2D eigenvalue weighted by Crippen LogP contribution is -2.18. The molecule has 170 valence electrons. The molecule has 34 heavy (non-hydrogen) atoms. The average Bonchev–Trinajstić information content (AvgIpc) is 3.57. The van der Waals surface area contributed by atoms with E-state index in [1.807, 2.05) is 74.9 Å². The molecule has 0 bridgehead atoms. The third kappa shape index (κ3) is 4.26. The van der Waals surface area contributed by atoms with Gasteiger partial charge in [-0.1, -0.05) is 42.5 Å². The maximum Gasteiger partial charge on any atom is 0.268 e. The first-order chi connectivity index (χ1) is 16.5. The van der Waals surface area contributed by atoms with Crippen molar-refractivity contribution in [3.05, 3.63) is 82.8 Å². The van der Waals surface area contributed by atoms with E-state index in [1.165, 1.54) is 0 Å². The largest absolute Gasteiger partial charge is 0.415 e. The highest BCUT2D eigenvalue weighted by Crippen LogP contribution is 2.34. The van der Waals surface area contributed by atoms with Gasteiger partial charge in [0.15, 0.2) is 0 Å². The molecule has 5 aromatic rings. The van der Waals surface area contributed by atoms with Gasteiger partial charge in [0.2, 0.25) is 5.89 Å². The van der Waals surface area contributed by atoms with Crippen molar-refractivity contribution in [2.24, 2.45) is 0 Å². The molecule has 0 saturated heterocycles. The second kappa shape index (κ2) is 9.26. The van der Waals surface area contributed by atoms with E-state index in [-0.39, 0.29) is 0 Å². The van der Waals surface area contributed by atoms with Crippen molar-refractivity contribution in [3.8, 4) is 45.4 Å². The summed E-state index contributed by atoms with van der Waals surface area (Å²) in [6.45, 7) is 1.87. The van der Waals surface area contributed by atoms with E-state index in [1.54, 1.807) is 22.4 Å². The fourth-order valence-electron chi connectivity index (χ4n) is 3.68. The van der Waals surface area contributed by atoms with Crippen molar-refractivity contribution in [1.29, 1.82) is 0 Å². The Morgan fingerprint density at radius 2 is 1.65 bits per heavy atom. The smallest absolute Gasteiger partial charge is 0.268 e. The van der Waals surface area contributed by atoms with Gasteiger partial charge in [0.1, 0.15) is 11.9 Å². The van der Waals surface area contributed by atoms with Crippen molar-refractivity contribution < 1.29 is 9.52 Å². The number of aliphatic hydroxyl groups is 1.